The normalized spacial score (nSPS) is 10.6. The smallest absolute Gasteiger partial charge is 0.119 e. The van der Waals surface area contributed by atoms with Crippen molar-refractivity contribution in [3.05, 3.63) is 63.1 Å². The molecule has 2 nitrogen and oxygen atoms in total. The summed E-state index contributed by atoms with van der Waals surface area (Å²) in [5.74, 6) is 0.838. The first-order valence-corrected chi connectivity index (χ1v) is 7.51. The van der Waals surface area contributed by atoms with Crippen LogP contribution in [-0.2, 0) is 17.8 Å². The van der Waals surface area contributed by atoms with E-state index in [1.54, 1.807) is 7.11 Å². The van der Waals surface area contributed by atoms with Gasteiger partial charge in [0, 0.05) is 22.2 Å². The summed E-state index contributed by atoms with van der Waals surface area (Å²) in [7, 11) is 1.71. The first-order chi connectivity index (χ1) is 9.69. The van der Waals surface area contributed by atoms with Gasteiger partial charge in [-0.25, -0.2) is 0 Å². The highest BCUT2D eigenvalue weighted by Crippen LogP contribution is 2.23. The van der Waals surface area contributed by atoms with Crippen LogP contribution >= 0.6 is 27.5 Å². The van der Waals surface area contributed by atoms with Crippen molar-refractivity contribution in [1.82, 2.24) is 0 Å². The molecule has 0 bridgehead atoms. The summed E-state index contributed by atoms with van der Waals surface area (Å²) in [5, 5.41) is 0.705. The maximum absolute atomic E-state index is 6.15. The lowest BCUT2D eigenvalue weighted by molar-refractivity contribution is 0.202. The molecule has 4 heteroatoms. The van der Waals surface area contributed by atoms with Gasteiger partial charge in [-0.3, -0.25) is 0 Å². The number of halogens is 2. The van der Waals surface area contributed by atoms with Gasteiger partial charge >= 0.3 is 0 Å². The van der Waals surface area contributed by atoms with Crippen LogP contribution in [0, 0.1) is 0 Å². The van der Waals surface area contributed by atoms with Gasteiger partial charge < -0.3 is 9.47 Å². The van der Waals surface area contributed by atoms with Crippen molar-refractivity contribution < 1.29 is 9.47 Å². The lowest BCUT2D eigenvalue weighted by Crippen LogP contribution is -1.97. The Morgan fingerprint density at radius 2 is 1.85 bits per heavy atom. The van der Waals surface area contributed by atoms with Crippen LogP contribution in [0.15, 0.2) is 46.9 Å². The highest BCUT2D eigenvalue weighted by molar-refractivity contribution is 9.10. The number of rotatable bonds is 6. The van der Waals surface area contributed by atoms with Gasteiger partial charge in [-0.2, -0.15) is 0 Å². The van der Waals surface area contributed by atoms with Gasteiger partial charge in [0.05, 0.1) is 6.61 Å². The monoisotopic (exact) mass is 354 g/mol. The van der Waals surface area contributed by atoms with Crippen molar-refractivity contribution in [2.45, 2.75) is 13.0 Å². The average molecular weight is 356 g/mol. The molecule has 0 unspecified atom stereocenters. The maximum Gasteiger partial charge on any atom is 0.119 e. The molecule has 2 aromatic carbocycles. The third kappa shape index (κ3) is 4.51. The van der Waals surface area contributed by atoms with Gasteiger partial charge in [-0.05, 0) is 36.2 Å². The molecular formula is C16H16BrClO2. The van der Waals surface area contributed by atoms with E-state index >= 15 is 0 Å². The Labute approximate surface area is 132 Å². The van der Waals surface area contributed by atoms with Crippen LogP contribution in [0.2, 0.25) is 5.02 Å². The Morgan fingerprint density at radius 3 is 2.50 bits per heavy atom. The molecule has 0 fully saturated rings. The molecule has 2 aromatic rings. The van der Waals surface area contributed by atoms with E-state index in [4.69, 9.17) is 21.1 Å². The lowest BCUT2D eigenvalue weighted by Gasteiger charge is -2.09. The van der Waals surface area contributed by atoms with Gasteiger partial charge in [-0.15, -0.1) is 0 Å². The minimum absolute atomic E-state index is 0.462. The number of benzene rings is 2. The number of methoxy groups -OCH3 is 1. The molecule has 0 aromatic heterocycles. The molecule has 106 valence electrons. The largest absolute Gasteiger partial charge is 0.489 e. The molecule has 0 aliphatic heterocycles. The predicted molar refractivity (Wildman–Crippen MR) is 85.5 cm³/mol. The quantitative estimate of drug-likeness (QED) is 0.736. The molecule has 0 radical (unpaired) electrons. The van der Waals surface area contributed by atoms with Crippen LogP contribution in [0.25, 0.3) is 0 Å². The van der Waals surface area contributed by atoms with Crippen LogP contribution in [0.1, 0.15) is 11.1 Å². The first kappa shape index (κ1) is 15.4. The van der Waals surface area contributed by atoms with Crippen LogP contribution in [0.5, 0.6) is 5.75 Å². The third-order valence-electron chi connectivity index (χ3n) is 2.93. The molecule has 0 atom stereocenters. The van der Waals surface area contributed by atoms with E-state index in [1.807, 2.05) is 30.3 Å². The van der Waals surface area contributed by atoms with Crippen molar-refractivity contribution in [3.63, 3.8) is 0 Å². The Bertz CT molecular complexity index is 555. The summed E-state index contributed by atoms with van der Waals surface area (Å²) >= 11 is 9.54. The second kappa shape index (κ2) is 7.67. The Hall–Kier alpha value is -1.03. The zero-order valence-corrected chi connectivity index (χ0v) is 13.6. The van der Waals surface area contributed by atoms with E-state index in [0.717, 1.165) is 28.8 Å². The highest BCUT2D eigenvalue weighted by Gasteiger charge is 2.02. The fraction of sp³-hybridized carbons (Fsp3) is 0.250. The fourth-order valence-corrected chi connectivity index (χ4v) is 2.50. The zero-order valence-electron chi connectivity index (χ0n) is 11.2. The standard InChI is InChI=1S/C16H16BrClO2/c1-19-9-8-12-2-6-15(7-3-12)20-11-13-4-5-14(17)10-16(13)18/h2-7,10H,8-9,11H2,1H3. The highest BCUT2D eigenvalue weighted by atomic mass is 79.9. The van der Waals surface area contributed by atoms with E-state index in [0.29, 0.717) is 11.6 Å². The van der Waals surface area contributed by atoms with Crippen LogP contribution in [-0.4, -0.2) is 13.7 Å². The van der Waals surface area contributed by atoms with Crippen molar-refractivity contribution in [3.8, 4) is 5.75 Å². The summed E-state index contributed by atoms with van der Waals surface area (Å²) in [6.07, 6.45) is 0.912. The molecular weight excluding hydrogens is 340 g/mol. The maximum atomic E-state index is 6.15. The van der Waals surface area contributed by atoms with E-state index in [-0.39, 0.29) is 0 Å². The fourth-order valence-electron chi connectivity index (χ4n) is 1.77. The van der Waals surface area contributed by atoms with Crippen molar-refractivity contribution in [2.24, 2.45) is 0 Å². The molecule has 20 heavy (non-hydrogen) atoms. The second-order valence-corrected chi connectivity index (χ2v) is 5.73. The van der Waals surface area contributed by atoms with Crippen LogP contribution < -0.4 is 4.74 Å². The van der Waals surface area contributed by atoms with E-state index in [2.05, 4.69) is 28.1 Å². The van der Waals surface area contributed by atoms with Gasteiger partial charge in [0.1, 0.15) is 12.4 Å². The average Bonchev–Trinajstić information content (AvgIpc) is 2.45. The summed E-state index contributed by atoms with van der Waals surface area (Å²) < 4.78 is 11.8. The molecule has 0 spiro atoms. The number of hydrogen-bond acceptors (Lipinski definition) is 2. The Morgan fingerprint density at radius 1 is 1.10 bits per heavy atom. The molecule has 2 rings (SSSR count). The topological polar surface area (TPSA) is 18.5 Å². The van der Waals surface area contributed by atoms with Crippen molar-refractivity contribution >= 4 is 27.5 Å². The molecule has 0 saturated heterocycles. The Kier molecular flexibility index (Phi) is 5.89. The summed E-state index contributed by atoms with van der Waals surface area (Å²) in [6, 6.07) is 13.8. The minimum Gasteiger partial charge on any atom is -0.489 e. The molecule has 0 aliphatic carbocycles. The SMILES string of the molecule is COCCc1ccc(OCc2ccc(Br)cc2Cl)cc1. The van der Waals surface area contributed by atoms with E-state index < -0.39 is 0 Å². The van der Waals surface area contributed by atoms with E-state index in [9.17, 15) is 0 Å². The van der Waals surface area contributed by atoms with Crippen LogP contribution in [0.3, 0.4) is 0 Å². The van der Waals surface area contributed by atoms with Crippen LogP contribution in [0.4, 0.5) is 0 Å². The van der Waals surface area contributed by atoms with Crippen molar-refractivity contribution in [2.75, 3.05) is 13.7 Å². The molecule has 0 heterocycles. The van der Waals surface area contributed by atoms with Crippen molar-refractivity contribution in [1.29, 1.82) is 0 Å². The summed E-state index contributed by atoms with van der Waals surface area (Å²) in [5.41, 5.74) is 2.21. The predicted octanol–water partition coefficient (Wildman–Crippen LogP) is 4.87. The first-order valence-electron chi connectivity index (χ1n) is 6.33. The molecule has 0 aliphatic rings. The summed E-state index contributed by atoms with van der Waals surface area (Å²) in [4.78, 5) is 0. The zero-order chi connectivity index (χ0) is 14.4. The second-order valence-electron chi connectivity index (χ2n) is 4.41. The number of ether oxygens (including phenoxy) is 2. The lowest BCUT2D eigenvalue weighted by atomic mass is 10.1. The molecule has 0 saturated carbocycles. The minimum atomic E-state index is 0.462. The Balaban J connectivity index is 1.93. The molecule has 0 N–H and O–H groups in total. The van der Waals surface area contributed by atoms with Gasteiger partial charge in [0.25, 0.3) is 0 Å². The number of hydrogen-bond donors (Lipinski definition) is 0. The molecule has 0 amide bonds. The van der Waals surface area contributed by atoms with Gasteiger partial charge in [0.2, 0.25) is 0 Å². The summed E-state index contributed by atoms with van der Waals surface area (Å²) in [6.45, 7) is 1.19. The van der Waals surface area contributed by atoms with Gasteiger partial charge in [0.15, 0.2) is 0 Å². The van der Waals surface area contributed by atoms with E-state index in [1.165, 1.54) is 5.56 Å². The third-order valence-corrected chi connectivity index (χ3v) is 3.77. The van der Waals surface area contributed by atoms with Gasteiger partial charge in [-0.1, -0.05) is 45.7 Å².